The number of hydrogen-bond donors (Lipinski definition) is 1. The maximum atomic E-state index is 8.84. The number of anilines is 1. The lowest BCUT2D eigenvalue weighted by Gasteiger charge is -2.14. The van der Waals surface area contributed by atoms with Crippen molar-refractivity contribution in [3.63, 3.8) is 0 Å². The molecule has 0 aliphatic carbocycles. The van der Waals surface area contributed by atoms with E-state index in [0.717, 1.165) is 23.1 Å². The van der Waals surface area contributed by atoms with Crippen LogP contribution in [-0.2, 0) is 0 Å². The average molecular weight is 329 g/mol. The fourth-order valence-corrected chi connectivity index (χ4v) is 2.62. The predicted molar refractivity (Wildman–Crippen MR) is 86.8 cm³/mol. The minimum Gasteiger partial charge on any atom is -0.384 e. The van der Waals surface area contributed by atoms with Crippen molar-refractivity contribution in [2.45, 2.75) is 19.3 Å². The van der Waals surface area contributed by atoms with Gasteiger partial charge in [-0.25, -0.2) is 0 Å². The third kappa shape index (κ3) is 3.85. The third-order valence-electron chi connectivity index (χ3n) is 3.36. The van der Waals surface area contributed by atoms with Crippen LogP contribution >= 0.6 is 15.9 Å². The summed E-state index contributed by atoms with van der Waals surface area (Å²) in [4.78, 5) is 0. The van der Waals surface area contributed by atoms with E-state index in [-0.39, 0.29) is 0 Å². The number of nitriles is 1. The van der Waals surface area contributed by atoms with E-state index in [0.29, 0.717) is 11.5 Å². The highest BCUT2D eigenvalue weighted by atomic mass is 79.9. The molecule has 0 fully saturated rings. The fraction of sp³-hybridized carbons (Fsp3) is 0.235. The highest BCUT2D eigenvalue weighted by molar-refractivity contribution is 9.10. The molecule has 0 radical (unpaired) electrons. The van der Waals surface area contributed by atoms with Gasteiger partial charge in [0.15, 0.2) is 0 Å². The molecule has 1 atom stereocenters. The molecule has 2 rings (SSSR count). The Hall–Kier alpha value is -1.79. The first kappa shape index (κ1) is 14.6. The summed E-state index contributed by atoms with van der Waals surface area (Å²) in [7, 11) is 0. The third-order valence-corrected chi connectivity index (χ3v) is 4.02. The first-order chi connectivity index (χ1) is 9.70. The summed E-state index contributed by atoms with van der Waals surface area (Å²) < 4.78 is 0.934. The van der Waals surface area contributed by atoms with E-state index >= 15 is 0 Å². The van der Waals surface area contributed by atoms with Crippen LogP contribution in [0.3, 0.4) is 0 Å². The largest absolute Gasteiger partial charge is 0.384 e. The smallest absolute Gasteiger partial charge is 0.0992 e. The Morgan fingerprint density at radius 1 is 1.20 bits per heavy atom. The second-order valence-corrected chi connectivity index (χ2v) is 5.69. The zero-order valence-corrected chi connectivity index (χ0v) is 13.0. The van der Waals surface area contributed by atoms with E-state index in [4.69, 9.17) is 5.26 Å². The summed E-state index contributed by atoms with van der Waals surface area (Å²) in [6, 6.07) is 18.3. The lowest BCUT2D eigenvalue weighted by molar-refractivity contribution is 0.706. The topological polar surface area (TPSA) is 35.8 Å². The van der Waals surface area contributed by atoms with E-state index in [2.05, 4.69) is 58.5 Å². The number of benzene rings is 2. The average Bonchev–Trinajstić information content (AvgIpc) is 2.49. The van der Waals surface area contributed by atoms with Crippen LogP contribution in [0.4, 0.5) is 5.69 Å². The van der Waals surface area contributed by atoms with Gasteiger partial charge in [0.2, 0.25) is 0 Å². The van der Waals surface area contributed by atoms with Crippen molar-refractivity contribution < 1.29 is 0 Å². The molecule has 2 aromatic rings. The number of nitrogens with one attached hydrogen (secondary N) is 1. The molecule has 0 spiro atoms. The van der Waals surface area contributed by atoms with Crippen LogP contribution in [0.2, 0.25) is 0 Å². The number of rotatable bonds is 5. The first-order valence-corrected chi connectivity index (χ1v) is 7.48. The summed E-state index contributed by atoms with van der Waals surface area (Å²) in [5.74, 6) is 0.529. The minimum absolute atomic E-state index is 0.529. The second-order valence-electron chi connectivity index (χ2n) is 4.83. The highest BCUT2D eigenvalue weighted by Gasteiger charge is 2.05. The van der Waals surface area contributed by atoms with Crippen molar-refractivity contribution >= 4 is 21.6 Å². The molecule has 0 heterocycles. The zero-order chi connectivity index (χ0) is 14.4. The molecule has 20 heavy (non-hydrogen) atoms. The van der Waals surface area contributed by atoms with Crippen molar-refractivity contribution in [1.29, 1.82) is 5.26 Å². The van der Waals surface area contributed by atoms with Crippen LogP contribution in [0, 0.1) is 11.3 Å². The molecule has 1 N–H and O–H groups in total. The monoisotopic (exact) mass is 328 g/mol. The van der Waals surface area contributed by atoms with Crippen molar-refractivity contribution in [1.82, 2.24) is 0 Å². The van der Waals surface area contributed by atoms with Gasteiger partial charge in [-0.3, -0.25) is 0 Å². The van der Waals surface area contributed by atoms with E-state index in [1.807, 2.05) is 24.3 Å². The molecule has 102 valence electrons. The van der Waals surface area contributed by atoms with Gasteiger partial charge in [0.05, 0.1) is 11.6 Å². The quantitative estimate of drug-likeness (QED) is 0.844. The SMILES string of the molecule is CC(CCNc1ccc(C#N)cc1Br)c1ccccc1. The van der Waals surface area contributed by atoms with Crippen LogP contribution in [-0.4, -0.2) is 6.54 Å². The molecule has 2 nitrogen and oxygen atoms in total. The van der Waals surface area contributed by atoms with Crippen molar-refractivity contribution in [2.75, 3.05) is 11.9 Å². The molecule has 0 aliphatic heterocycles. The Kier molecular flexibility index (Phi) is 5.20. The van der Waals surface area contributed by atoms with E-state index in [1.54, 1.807) is 0 Å². The maximum absolute atomic E-state index is 8.84. The molecule has 0 saturated heterocycles. The van der Waals surface area contributed by atoms with Gasteiger partial charge in [-0.2, -0.15) is 5.26 Å². The van der Waals surface area contributed by atoms with Gasteiger partial charge in [-0.15, -0.1) is 0 Å². The fourth-order valence-electron chi connectivity index (χ4n) is 2.10. The minimum atomic E-state index is 0.529. The molecule has 2 aromatic carbocycles. The number of halogens is 1. The molecular formula is C17H17BrN2. The summed E-state index contributed by atoms with van der Waals surface area (Å²) in [6.07, 6.45) is 1.07. The first-order valence-electron chi connectivity index (χ1n) is 6.69. The van der Waals surface area contributed by atoms with E-state index in [9.17, 15) is 0 Å². The van der Waals surface area contributed by atoms with E-state index in [1.165, 1.54) is 5.56 Å². The number of hydrogen-bond acceptors (Lipinski definition) is 2. The van der Waals surface area contributed by atoms with Crippen LogP contribution in [0.1, 0.15) is 30.4 Å². The lowest BCUT2D eigenvalue weighted by Crippen LogP contribution is -2.06. The summed E-state index contributed by atoms with van der Waals surface area (Å²) in [5.41, 5.74) is 3.07. The van der Waals surface area contributed by atoms with Gasteiger partial charge < -0.3 is 5.32 Å². The van der Waals surface area contributed by atoms with Crippen LogP contribution in [0.5, 0.6) is 0 Å². The predicted octanol–water partition coefficient (Wildman–Crippen LogP) is 4.93. The van der Waals surface area contributed by atoms with E-state index < -0.39 is 0 Å². The summed E-state index contributed by atoms with van der Waals surface area (Å²) >= 11 is 3.49. The Morgan fingerprint density at radius 3 is 2.60 bits per heavy atom. The highest BCUT2D eigenvalue weighted by Crippen LogP contribution is 2.24. The molecule has 1 unspecified atom stereocenters. The van der Waals surface area contributed by atoms with Gasteiger partial charge >= 0.3 is 0 Å². The van der Waals surface area contributed by atoms with Crippen LogP contribution < -0.4 is 5.32 Å². The Balaban J connectivity index is 1.89. The molecule has 3 heteroatoms. The standard InChI is InChI=1S/C17H17BrN2/c1-13(15-5-3-2-4-6-15)9-10-20-17-8-7-14(12-19)11-16(17)18/h2-8,11,13,20H,9-10H2,1H3. The molecule has 0 aromatic heterocycles. The molecular weight excluding hydrogens is 312 g/mol. The van der Waals surface area contributed by atoms with Gasteiger partial charge in [0.1, 0.15) is 0 Å². The summed E-state index contributed by atoms with van der Waals surface area (Å²) in [6.45, 7) is 3.14. The normalized spacial score (nSPS) is 11.7. The second kappa shape index (κ2) is 7.12. The lowest BCUT2D eigenvalue weighted by atomic mass is 9.98. The Morgan fingerprint density at radius 2 is 1.95 bits per heavy atom. The van der Waals surface area contributed by atoms with Crippen molar-refractivity contribution in [2.24, 2.45) is 0 Å². The Labute approximate surface area is 128 Å². The molecule has 0 amide bonds. The zero-order valence-electron chi connectivity index (χ0n) is 11.4. The van der Waals surface area contributed by atoms with Crippen molar-refractivity contribution in [3.05, 3.63) is 64.1 Å². The van der Waals surface area contributed by atoms with Gasteiger partial charge in [0, 0.05) is 16.7 Å². The Bertz CT molecular complexity index is 602. The summed E-state index contributed by atoms with van der Waals surface area (Å²) in [5, 5.41) is 12.2. The van der Waals surface area contributed by atoms with Gasteiger partial charge in [-0.05, 0) is 52.0 Å². The number of nitrogens with zero attached hydrogens (tertiary/aromatic N) is 1. The van der Waals surface area contributed by atoms with Gasteiger partial charge in [0.25, 0.3) is 0 Å². The molecule has 0 aliphatic rings. The van der Waals surface area contributed by atoms with Crippen LogP contribution in [0.15, 0.2) is 53.0 Å². The molecule has 0 saturated carbocycles. The van der Waals surface area contributed by atoms with Crippen LogP contribution in [0.25, 0.3) is 0 Å². The van der Waals surface area contributed by atoms with Gasteiger partial charge in [-0.1, -0.05) is 37.3 Å². The molecule has 0 bridgehead atoms. The maximum Gasteiger partial charge on any atom is 0.0992 e. The van der Waals surface area contributed by atoms with Crippen molar-refractivity contribution in [3.8, 4) is 6.07 Å².